The summed E-state index contributed by atoms with van der Waals surface area (Å²) >= 11 is 0. The van der Waals surface area contributed by atoms with Gasteiger partial charge in [-0.25, -0.2) is 19.9 Å². The number of hydrogen-bond donors (Lipinski definition) is 0. The predicted molar refractivity (Wildman–Crippen MR) is 217 cm³/mol. The van der Waals surface area contributed by atoms with Crippen molar-refractivity contribution in [3.8, 4) is 56.4 Å². The van der Waals surface area contributed by atoms with E-state index >= 15 is 0 Å². The van der Waals surface area contributed by atoms with Gasteiger partial charge < -0.3 is 8.83 Å². The number of furan rings is 2. The van der Waals surface area contributed by atoms with E-state index in [0.717, 1.165) is 71.7 Å². The summed E-state index contributed by atoms with van der Waals surface area (Å²) in [4.78, 5) is 19.5. The average molecular weight is 693 g/mol. The molecule has 0 saturated heterocycles. The molecule has 0 aliphatic carbocycles. The van der Waals surface area contributed by atoms with Crippen LogP contribution in [0.25, 0.3) is 111 Å². The van der Waals surface area contributed by atoms with Crippen molar-refractivity contribution in [3.63, 3.8) is 0 Å². The lowest BCUT2D eigenvalue weighted by Crippen LogP contribution is -2.00. The van der Waals surface area contributed by atoms with Crippen molar-refractivity contribution in [1.29, 1.82) is 0 Å². The van der Waals surface area contributed by atoms with Gasteiger partial charge in [0.25, 0.3) is 0 Å². The summed E-state index contributed by atoms with van der Waals surface area (Å²) in [5.41, 5.74) is 10.4. The fourth-order valence-electron chi connectivity index (χ4n) is 7.77. The van der Waals surface area contributed by atoms with Crippen molar-refractivity contribution < 1.29 is 8.83 Å². The lowest BCUT2D eigenvalue weighted by Gasteiger charge is -2.13. The molecule has 0 fully saturated rings. The topological polar surface area (TPSA) is 77.8 Å². The average Bonchev–Trinajstić information content (AvgIpc) is 3.82. The molecule has 6 heteroatoms. The maximum absolute atomic E-state index is 6.24. The van der Waals surface area contributed by atoms with Crippen LogP contribution in [0.4, 0.5) is 0 Å². The first kappa shape index (κ1) is 30.2. The lowest BCUT2D eigenvalue weighted by atomic mass is 9.90. The van der Waals surface area contributed by atoms with Gasteiger partial charge in [-0.15, -0.1) is 0 Å². The number of hydrogen-bond acceptors (Lipinski definition) is 6. The quantitative estimate of drug-likeness (QED) is 0.179. The molecule has 4 heterocycles. The van der Waals surface area contributed by atoms with Crippen LogP contribution in [0.1, 0.15) is 0 Å². The number of para-hydroxylation sites is 1. The highest BCUT2D eigenvalue weighted by Gasteiger charge is 2.19. The number of rotatable bonds is 5. The molecule has 7 aromatic carbocycles. The van der Waals surface area contributed by atoms with E-state index in [1.54, 1.807) is 6.20 Å². The Morgan fingerprint density at radius 2 is 0.870 bits per heavy atom. The summed E-state index contributed by atoms with van der Waals surface area (Å²) in [7, 11) is 0. The molecule has 0 unspecified atom stereocenters. The summed E-state index contributed by atoms with van der Waals surface area (Å²) < 4.78 is 12.4. The summed E-state index contributed by atoms with van der Waals surface area (Å²) in [5.74, 6) is 1.76. The van der Waals surface area contributed by atoms with Gasteiger partial charge in [0.2, 0.25) is 5.71 Å². The molecule has 252 valence electrons. The number of fused-ring (bicyclic) bond motifs is 7. The van der Waals surface area contributed by atoms with Gasteiger partial charge >= 0.3 is 0 Å². The van der Waals surface area contributed by atoms with E-state index in [0.29, 0.717) is 23.2 Å². The monoisotopic (exact) mass is 692 g/mol. The first-order valence-corrected chi connectivity index (χ1v) is 17.9. The first-order valence-electron chi connectivity index (χ1n) is 17.9. The van der Waals surface area contributed by atoms with E-state index < -0.39 is 0 Å². The highest BCUT2D eigenvalue weighted by atomic mass is 16.3. The molecule has 11 aromatic rings. The molecule has 0 amide bonds. The Balaban J connectivity index is 1.04. The molecular formula is C48H28N4O2. The lowest BCUT2D eigenvalue weighted by molar-refractivity contribution is 0.654. The van der Waals surface area contributed by atoms with Gasteiger partial charge in [-0.2, -0.15) is 0 Å². The molecule has 0 aliphatic rings. The Hall–Kier alpha value is -7.44. The van der Waals surface area contributed by atoms with E-state index in [9.17, 15) is 0 Å². The first-order chi connectivity index (χ1) is 26.8. The highest BCUT2D eigenvalue weighted by molar-refractivity contribution is 6.16. The molecule has 0 aliphatic heterocycles. The fraction of sp³-hybridized carbons (Fsp3) is 0. The zero-order valence-electron chi connectivity index (χ0n) is 28.8. The van der Waals surface area contributed by atoms with Gasteiger partial charge in [-0.1, -0.05) is 133 Å². The van der Waals surface area contributed by atoms with Crippen LogP contribution in [0.2, 0.25) is 0 Å². The van der Waals surface area contributed by atoms with Gasteiger partial charge in [0.1, 0.15) is 16.7 Å². The smallest absolute Gasteiger partial charge is 0.227 e. The molecule has 0 spiro atoms. The standard InChI is InChI=1S/C48H28N4O2/c1-2-11-30(12-3-1)45-50-46(52-47(51-45)38-17-9-21-42-44(38)39-18-10-28-49-48(39)54-42)31-24-22-29(23-25-31)32-26-27-35(34-14-5-4-13-33(32)34)36-16-8-20-41-43(36)37-15-6-7-19-40(37)53-41/h1-28H. The Kier molecular flexibility index (Phi) is 6.75. The van der Waals surface area contributed by atoms with E-state index in [-0.39, 0.29) is 0 Å². The summed E-state index contributed by atoms with van der Waals surface area (Å²) in [6, 6.07) is 56.1. The van der Waals surface area contributed by atoms with Crippen LogP contribution in [0.5, 0.6) is 0 Å². The second-order valence-electron chi connectivity index (χ2n) is 13.4. The molecule has 0 bridgehead atoms. The Labute approximate surface area is 309 Å². The molecule has 0 radical (unpaired) electrons. The second-order valence-corrected chi connectivity index (χ2v) is 13.4. The number of aromatic nitrogens is 4. The minimum atomic E-state index is 0.571. The third kappa shape index (κ3) is 4.81. The predicted octanol–water partition coefficient (Wildman–Crippen LogP) is 12.6. The maximum Gasteiger partial charge on any atom is 0.227 e. The number of benzene rings is 7. The highest BCUT2D eigenvalue weighted by Crippen LogP contribution is 2.42. The number of pyridine rings is 1. The van der Waals surface area contributed by atoms with Crippen LogP contribution in [0.3, 0.4) is 0 Å². The molecule has 54 heavy (non-hydrogen) atoms. The van der Waals surface area contributed by atoms with Gasteiger partial charge in [-0.3, -0.25) is 0 Å². The van der Waals surface area contributed by atoms with Crippen LogP contribution in [-0.2, 0) is 0 Å². The largest absolute Gasteiger partial charge is 0.456 e. The third-order valence-electron chi connectivity index (χ3n) is 10.3. The van der Waals surface area contributed by atoms with Gasteiger partial charge in [0.15, 0.2) is 17.5 Å². The van der Waals surface area contributed by atoms with Crippen molar-refractivity contribution in [2.75, 3.05) is 0 Å². The van der Waals surface area contributed by atoms with Crippen molar-refractivity contribution >= 4 is 54.8 Å². The second kappa shape index (κ2) is 12.1. The molecule has 0 atom stereocenters. The third-order valence-corrected chi connectivity index (χ3v) is 10.3. The van der Waals surface area contributed by atoms with E-state index in [1.165, 1.54) is 16.3 Å². The van der Waals surface area contributed by atoms with E-state index in [4.69, 9.17) is 23.8 Å². The van der Waals surface area contributed by atoms with E-state index in [1.807, 2.05) is 78.9 Å². The molecule has 4 aromatic heterocycles. The summed E-state index contributed by atoms with van der Waals surface area (Å²) in [6.07, 6.45) is 1.74. The maximum atomic E-state index is 6.24. The molecule has 6 nitrogen and oxygen atoms in total. The zero-order chi connectivity index (χ0) is 35.6. The van der Waals surface area contributed by atoms with Crippen LogP contribution in [-0.4, -0.2) is 19.9 Å². The van der Waals surface area contributed by atoms with Crippen molar-refractivity contribution in [3.05, 3.63) is 170 Å². The van der Waals surface area contributed by atoms with Crippen molar-refractivity contribution in [1.82, 2.24) is 19.9 Å². The fourth-order valence-corrected chi connectivity index (χ4v) is 7.77. The Bertz CT molecular complexity index is 3220. The normalized spacial score (nSPS) is 11.7. The van der Waals surface area contributed by atoms with Gasteiger partial charge in [0, 0.05) is 44.4 Å². The van der Waals surface area contributed by atoms with Crippen LogP contribution < -0.4 is 0 Å². The minimum Gasteiger partial charge on any atom is -0.456 e. The molecular weight excluding hydrogens is 665 g/mol. The van der Waals surface area contributed by atoms with Gasteiger partial charge in [-0.05, 0) is 63.4 Å². The molecule has 0 saturated carbocycles. The zero-order valence-corrected chi connectivity index (χ0v) is 28.8. The van der Waals surface area contributed by atoms with Crippen molar-refractivity contribution in [2.24, 2.45) is 0 Å². The van der Waals surface area contributed by atoms with Crippen LogP contribution >= 0.6 is 0 Å². The molecule has 0 N–H and O–H groups in total. The number of nitrogens with zero attached hydrogens (tertiary/aromatic N) is 4. The van der Waals surface area contributed by atoms with Gasteiger partial charge in [0.05, 0.1) is 0 Å². The summed E-state index contributed by atoms with van der Waals surface area (Å²) in [5, 5.41) is 6.47. The SMILES string of the molecule is c1ccc(-c2nc(-c3ccc(-c4ccc(-c5cccc6oc7ccccc7c56)c5ccccc45)cc3)nc(-c3cccc4oc5ncccc5c34)n2)cc1. The minimum absolute atomic E-state index is 0.571. The Morgan fingerprint density at radius 1 is 0.315 bits per heavy atom. The van der Waals surface area contributed by atoms with Crippen molar-refractivity contribution in [2.45, 2.75) is 0 Å². The van der Waals surface area contributed by atoms with E-state index in [2.05, 4.69) is 89.9 Å². The Morgan fingerprint density at radius 3 is 1.67 bits per heavy atom. The van der Waals surface area contributed by atoms with Crippen LogP contribution in [0.15, 0.2) is 179 Å². The van der Waals surface area contributed by atoms with Crippen LogP contribution in [0, 0.1) is 0 Å². The summed E-state index contributed by atoms with van der Waals surface area (Å²) in [6.45, 7) is 0. The molecule has 11 rings (SSSR count).